The number of rotatable bonds is 5. The fourth-order valence-corrected chi connectivity index (χ4v) is 3.33. The number of ether oxygens (including phenoxy) is 2. The number of allylic oxidation sites excluding steroid dienone is 4. The highest BCUT2D eigenvalue weighted by atomic mass is 16.5. The first kappa shape index (κ1) is 16.4. The van der Waals surface area contributed by atoms with Crippen LogP contribution >= 0.6 is 0 Å². The van der Waals surface area contributed by atoms with E-state index in [9.17, 15) is 0 Å². The first-order valence-electron chi connectivity index (χ1n) is 8.34. The van der Waals surface area contributed by atoms with E-state index in [4.69, 9.17) is 9.47 Å². The molecule has 0 heterocycles. The molecule has 1 aliphatic rings. The Balaban J connectivity index is 2.11. The van der Waals surface area contributed by atoms with Crippen LogP contribution in [0.4, 0.5) is 0 Å². The SMILES string of the molecule is COc1ccc(C(C)(C2=CCCC=C2)c2ccc(OC)cc2)cc1. The Morgan fingerprint density at radius 1 is 0.750 bits per heavy atom. The molecule has 0 bridgehead atoms. The third-order valence-electron chi connectivity index (χ3n) is 4.91. The van der Waals surface area contributed by atoms with Crippen LogP contribution in [0.2, 0.25) is 0 Å². The summed E-state index contributed by atoms with van der Waals surface area (Å²) in [7, 11) is 3.40. The summed E-state index contributed by atoms with van der Waals surface area (Å²) in [4.78, 5) is 0. The van der Waals surface area contributed by atoms with Gasteiger partial charge in [-0.2, -0.15) is 0 Å². The Hall–Kier alpha value is -2.48. The van der Waals surface area contributed by atoms with Gasteiger partial charge in [-0.15, -0.1) is 0 Å². The van der Waals surface area contributed by atoms with Crippen LogP contribution in [0.1, 0.15) is 30.9 Å². The number of methoxy groups -OCH3 is 2. The summed E-state index contributed by atoms with van der Waals surface area (Å²) in [5.41, 5.74) is 3.65. The second-order valence-corrected chi connectivity index (χ2v) is 6.22. The molecule has 0 amide bonds. The Labute approximate surface area is 144 Å². The van der Waals surface area contributed by atoms with Crippen LogP contribution in [0.25, 0.3) is 0 Å². The van der Waals surface area contributed by atoms with E-state index in [2.05, 4.69) is 49.4 Å². The predicted octanol–water partition coefficient (Wildman–Crippen LogP) is 5.29. The van der Waals surface area contributed by atoms with Gasteiger partial charge in [-0.25, -0.2) is 0 Å². The van der Waals surface area contributed by atoms with Gasteiger partial charge in [0.05, 0.1) is 14.2 Å². The third-order valence-corrected chi connectivity index (χ3v) is 4.91. The topological polar surface area (TPSA) is 18.5 Å². The van der Waals surface area contributed by atoms with Crippen LogP contribution in [-0.2, 0) is 5.41 Å². The Morgan fingerprint density at radius 2 is 1.25 bits per heavy atom. The smallest absolute Gasteiger partial charge is 0.118 e. The largest absolute Gasteiger partial charge is 0.497 e. The number of hydrogen-bond donors (Lipinski definition) is 0. The maximum Gasteiger partial charge on any atom is 0.118 e. The van der Waals surface area contributed by atoms with Crippen LogP contribution in [-0.4, -0.2) is 14.2 Å². The van der Waals surface area contributed by atoms with E-state index < -0.39 is 0 Å². The van der Waals surface area contributed by atoms with Gasteiger partial charge in [0.25, 0.3) is 0 Å². The minimum absolute atomic E-state index is 0.199. The van der Waals surface area contributed by atoms with Gasteiger partial charge in [-0.1, -0.05) is 42.5 Å². The molecule has 0 aromatic heterocycles. The van der Waals surface area contributed by atoms with E-state index in [1.165, 1.54) is 16.7 Å². The van der Waals surface area contributed by atoms with E-state index in [1.54, 1.807) is 14.2 Å². The average Bonchev–Trinajstić information content (AvgIpc) is 2.68. The fourth-order valence-electron chi connectivity index (χ4n) is 3.33. The molecule has 0 saturated carbocycles. The van der Waals surface area contributed by atoms with E-state index in [-0.39, 0.29) is 5.41 Å². The quantitative estimate of drug-likeness (QED) is 0.745. The molecule has 2 aromatic rings. The highest BCUT2D eigenvalue weighted by Gasteiger charge is 2.32. The molecule has 0 spiro atoms. The molecule has 0 atom stereocenters. The van der Waals surface area contributed by atoms with Crippen molar-refractivity contribution in [1.29, 1.82) is 0 Å². The van der Waals surface area contributed by atoms with Crippen LogP contribution < -0.4 is 9.47 Å². The monoisotopic (exact) mass is 320 g/mol. The second-order valence-electron chi connectivity index (χ2n) is 6.22. The van der Waals surface area contributed by atoms with Crippen molar-refractivity contribution >= 4 is 0 Å². The summed E-state index contributed by atoms with van der Waals surface area (Å²) in [6, 6.07) is 16.8. The van der Waals surface area contributed by atoms with Gasteiger partial charge in [0.15, 0.2) is 0 Å². The highest BCUT2D eigenvalue weighted by Crippen LogP contribution is 2.41. The predicted molar refractivity (Wildman–Crippen MR) is 98.9 cm³/mol. The maximum absolute atomic E-state index is 5.32. The molecule has 0 saturated heterocycles. The maximum atomic E-state index is 5.32. The minimum Gasteiger partial charge on any atom is -0.497 e. The third kappa shape index (κ3) is 2.96. The van der Waals surface area contributed by atoms with Gasteiger partial charge < -0.3 is 9.47 Å². The first-order valence-corrected chi connectivity index (χ1v) is 8.34. The molecule has 2 heteroatoms. The van der Waals surface area contributed by atoms with Crippen molar-refractivity contribution < 1.29 is 9.47 Å². The van der Waals surface area contributed by atoms with Crippen molar-refractivity contribution in [2.45, 2.75) is 25.2 Å². The van der Waals surface area contributed by atoms with Gasteiger partial charge in [0.1, 0.15) is 11.5 Å². The second kappa shape index (κ2) is 6.96. The van der Waals surface area contributed by atoms with Crippen LogP contribution in [0.15, 0.2) is 72.3 Å². The highest BCUT2D eigenvalue weighted by molar-refractivity contribution is 5.53. The summed E-state index contributed by atoms with van der Waals surface area (Å²) in [6.07, 6.45) is 9.09. The fraction of sp³-hybridized carbons (Fsp3) is 0.273. The number of benzene rings is 2. The molecular formula is C22H24O2. The average molecular weight is 320 g/mol. The molecule has 2 aromatic carbocycles. The van der Waals surface area contributed by atoms with Gasteiger partial charge in [-0.05, 0) is 60.7 Å². The van der Waals surface area contributed by atoms with Gasteiger partial charge in [0.2, 0.25) is 0 Å². The Bertz CT molecular complexity index is 689. The van der Waals surface area contributed by atoms with Crippen molar-refractivity contribution in [2.75, 3.05) is 14.2 Å². The van der Waals surface area contributed by atoms with Crippen LogP contribution in [0, 0.1) is 0 Å². The Kier molecular flexibility index (Phi) is 4.75. The van der Waals surface area contributed by atoms with Gasteiger partial charge in [0, 0.05) is 5.41 Å². The lowest BCUT2D eigenvalue weighted by molar-refractivity contribution is 0.414. The zero-order chi connectivity index (χ0) is 17.0. The van der Waals surface area contributed by atoms with Crippen LogP contribution in [0.5, 0.6) is 11.5 Å². The number of hydrogen-bond acceptors (Lipinski definition) is 2. The molecular weight excluding hydrogens is 296 g/mol. The molecule has 0 aliphatic heterocycles. The van der Waals surface area contributed by atoms with Crippen molar-refractivity contribution in [3.05, 3.63) is 83.5 Å². The molecule has 0 radical (unpaired) electrons. The summed E-state index contributed by atoms with van der Waals surface area (Å²) in [5.74, 6) is 1.76. The minimum atomic E-state index is -0.199. The van der Waals surface area contributed by atoms with Crippen LogP contribution in [0.3, 0.4) is 0 Å². The summed E-state index contributed by atoms with van der Waals surface area (Å²) in [5, 5.41) is 0. The molecule has 124 valence electrons. The molecule has 24 heavy (non-hydrogen) atoms. The first-order chi connectivity index (χ1) is 11.7. The molecule has 2 nitrogen and oxygen atoms in total. The lowest BCUT2D eigenvalue weighted by Crippen LogP contribution is -2.26. The zero-order valence-electron chi connectivity index (χ0n) is 14.6. The van der Waals surface area contributed by atoms with Crippen molar-refractivity contribution in [1.82, 2.24) is 0 Å². The molecule has 0 fully saturated rings. The van der Waals surface area contributed by atoms with Crippen molar-refractivity contribution in [3.8, 4) is 11.5 Å². The summed E-state index contributed by atoms with van der Waals surface area (Å²) >= 11 is 0. The summed E-state index contributed by atoms with van der Waals surface area (Å²) < 4.78 is 10.6. The van der Waals surface area contributed by atoms with Gasteiger partial charge in [-0.3, -0.25) is 0 Å². The standard InChI is InChI=1S/C22H24O2/c1-22(17-7-5-4-6-8-17,18-9-13-20(23-2)14-10-18)19-11-15-21(24-3)16-12-19/h5,7-16H,4,6H2,1-3H3. The van der Waals surface area contributed by atoms with E-state index in [0.29, 0.717) is 0 Å². The summed E-state index contributed by atoms with van der Waals surface area (Å²) in [6.45, 7) is 2.29. The lowest BCUT2D eigenvalue weighted by atomic mass is 9.69. The van der Waals surface area contributed by atoms with Gasteiger partial charge >= 0.3 is 0 Å². The lowest BCUT2D eigenvalue weighted by Gasteiger charge is -2.34. The molecule has 0 N–H and O–H groups in total. The van der Waals surface area contributed by atoms with E-state index >= 15 is 0 Å². The normalized spacial score (nSPS) is 14.2. The van der Waals surface area contributed by atoms with E-state index in [1.807, 2.05) is 24.3 Å². The molecule has 3 rings (SSSR count). The van der Waals surface area contributed by atoms with Crippen molar-refractivity contribution in [2.24, 2.45) is 0 Å². The Morgan fingerprint density at radius 3 is 1.62 bits per heavy atom. The molecule has 0 unspecified atom stereocenters. The molecule has 1 aliphatic carbocycles. The van der Waals surface area contributed by atoms with Crippen molar-refractivity contribution in [3.63, 3.8) is 0 Å². The van der Waals surface area contributed by atoms with E-state index in [0.717, 1.165) is 24.3 Å². The zero-order valence-corrected chi connectivity index (χ0v) is 14.6.